The van der Waals surface area contributed by atoms with Gasteiger partial charge in [0.25, 0.3) is 0 Å². The Morgan fingerprint density at radius 3 is 2.30 bits per heavy atom. The van der Waals surface area contributed by atoms with E-state index in [1.165, 1.54) is 0 Å². The van der Waals surface area contributed by atoms with Gasteiger partial charge < -0.3 is 25.2 Å². The number of likely N-dealkylation sites (tertiary alicyclic amines) is 1. The van der Waals surface area contributed by atoms with Crippen molar-refractivity contribution in [2.75, 3.05) is 13.1 Å². The molecule has 0 saturated carbocycles. The Balaban J connectivity index is 1.87. The number of nitrogens with one attached hydrogen (secondary N) is 1. The first-order chi connectivity index (χ1) is 9.45. The molecule has 0 aliphatic carbocycles. The van der Waals surface area contributed by atoms with Gasteiger partial charge in [0.15, 0.2) is 0 Å². The number of carbonyl (C=O) groups is 3. The molecule has 0 spiro atoms. The molecule has 2 amide bonds. The molecule has 3 atom stereocenters. The smallest absolute Gasteiger partial charge is 0.326 e. The Bertz CT molecular complexity index is 401. The van der Waals surface area contributed by atoms with Crippen molar-refractivity contribution in [3.05, 3.63) is 0 Å². The third-order valence-electron chi connectivity index (χ3n) is 3.57. The number of amides is 2. The average molecular weight is 286 g/mol. The summed E-state index contributed by atoms with van der Waals surface area (Å²) in [5.41, 5.74) is 0. The van der Waals surface area contributed by atoms with Gasteiger partial charge in [0.05, 0.1) is 12.2 Å². The van der Waals surface area contributed by atoms with Crippen LogP contribution in [0.3, 0.4) is 0 Å². The fraction of sp³-hybridized carbons (Fsp3) is 0.750. The quantitative estimate of drug-likeness (QED) is 0.648. The van der Waals surface area contributed by atoms with Crippen LogP contribution in [-0.4, -0.2) is 64.4 Å². The fourth-order valence-electron chi connectivity index (χ4n) is 2.55. The van der Waals surface area contributed by atoms with E-state index >= 15 is 0 Å². The molecule has 0 aromatic rings. The number of carboxylic acids is 2. The molecule has 0 aromatic heterocycles. The van der Waals surface area contributed by atoms with Crippen LogP contribution in [0.5, 0.6) is 0 Å². The highest BCUT2D eigenvalue weighted by Crippen LogP contribution is 2.26. The number of morpholine rings is 1. The van der Waals surface area contributed by atoms with Gasteiger partial charge in [-0.2, -0.15) is 0 Å². The standard InChI is InChI=1S/C12H18N2O6/c15-10(16)4-3-9(11(17)18)13-12(19)14-5-7-1-2-8(6-14)20-7/h7-9H,1-6H2,(H,13,19)(H,15,16)(H,17,18)/t7?,8?,9-/m0/s1. The first kappa shape index (κ1) is 14.6. The number of carbonyl (C=O) groups excluding carboxylic acids is 1. The number of hydrogen-bond acceptors (Lipinski definition) is 4. The summed E-state index contributed by atoms with van der Waals surface area (Å²) >= 11 is 0. The highest BCUT2D eigenvalue weighted by atomic mass is 16.5. The van der Waals surface area contributed by atoms with E-state index in [0.717, 1.165) is 12.8 Å². The van der Waals surface area contributed by atoms with Crippen molar-refractivity contribution in [2.24, 2.45) is 0 Å². The molecule has 2 aliphatic rings. The molecule has 8 heteroatoms. The van der Waals surface area contributed by atoms with Crippen LogP contribution in [0.1, 0.15) is 25.7 Å². The zero-order chi connectivity index (χ0) is 14.7. The molecule has 112 valence electrons. The molecule has 2 fully saturated rings. The van der Waals surface area contributed by atoms with E-state index in [9.17, 15) is 14.4 Å². The number of aliphatic carboxylic acids is 2. The second kappa shape index (κ2) is 6.08. The molecule has 2 rings (SSSR count). The number of carboxylic acid groups (broad SMARTS) is 2. The third-order valence-corrected chi connectivity index (χ3v) is 3.57. The molecular weight excluding hydrogens is 268 g/mol. The molecule has 0 aromatic carbocycles. The van der Waals surface area contributed by atoms with Crippen LogP contribution in [0.2, 0.25) is 0 Å². The molecule has 2 saturated heterocycles. The van der Waals surface area contributed by atoms with Crippen molar-refractivity contribution >= 4 is 18.0 Å². The first-order valence-corrected chi connectivity index (χ1v) is 6.61. The molecule has 3 N–H and O–H groups in total. The van der Waals surface area contributed by atoms with E-state index in [4.69, 9.17) is 14.9 Å². The molecule has 20 heavy (non-hydrogen) atoms. The predicted octanol–water partition coefficient (Wildman–Crippen LogP) is -0.123. The zero-order valence-electron chi connectivity index (χ0n) is 10.9. The topological polar surface area (TPSA) is 116 Å². The van der Waals surface area contributed by atoms with Gasteiger partial charge in [0.2, 0.25) is 0 Å². The number of hydrogen-bond donors (Lipinski definition) is 3. The minimum Gasteiger partial charge on any atom is -0.481 e. The lowest BCUT2D eigenvalue weighted by atomic mass is 10.1. The van der Waals surface area contributed by atoms with E-state index in [0.29, 0.717) is 13.1 Å². The summed E-state index contributed by atoms with van der Waals surface area (Å²) in [6, 6.07) is -1.65. The van der Waals surface area contributed by atoms with Crippen LogP contribution in [0.4, 0.5) is 4.79 Å². The molecule has 2 unspecified atom stereocenters. The summed E-state index contributed by atoms with van der Waals surface area (Å²) < 4.78 is 5.59. The first-order valence-electron chi connectivity index (χ1n) is 6.61. The normalized spacial score (nSPS) is 26.1. The number of nitrogens with zero attached hydrogens (tertiary/aromatic N) is 1. The summed E-state index contributed by atoms with van der Waals surface area (Å²) in [5.74, 6) is -2.31. The van der Waals surface area contributed by atoms with Crippen molar-refractivity contribution in [3.8, 4) is 0 Å². The van der Waals surface area contributed by atoms with Crippen LogP contribution < -0.4 is 5.32 Å². The Morgan fingerprint density at radius 2 is 1.80 bits per heavy atom. The van der Waals surface area contributed by atoms with Gasteiger partial charge in [0, 0.05) is 19.5 Å². The van der Waals surface area contributed by atoms with Crippen LogP contribution >= 0.6 is 0 Å². The van der Waals surface area contributed by atoms with E-state index in [2.05, 4.69) is 5.32 Å². The summed E-state index contributed by atoms with van der Waals surface area (Å²) in [6.45, 7) is 0.904. The van der Waals surface area contributed by atoms with Crippen LogP contribution in [0.25, 0.3) is 0 Å². The van der Waals surface area contributed by atoms with Crippen molar-refractivity contribution in [1.82, 2.24) is 10.2 Å². The Morgan fingerprint density at radius 1 is 1.20 bits per heavy atom. The maximum Gasteiger partial charge on any atom is 0.326 e. The molecule has 0 radical (unpaired) electrons. The minimum absolute atomic E-state index is 0.0294. The van der Waals surface area contributed by atoms with E-state index < -0.39 is 24.0 Å². The minimum atomic E-state index is -1.23. The largest absolute Gasteiger partial charge is 0.481 e. The Kier molecular flexibility index (Phi) is 4.43. The second-order valence-corrected chi connectivity index (χ2v) is 5.14. The lowest BCUT2D eigenvalue weighted by Gasteiger charge is -2.32. The van der Waals surface area contributed by atoms with Gasteiger partial charge in [0.1, 0.15) is 6.04 Å². The SMILES string of the molecule is O=C(O)CC[C@H](NC(=O)N1CC2CCC(C1)O2)C(=O)O. The Labute approximate surface area is 115 Å². The number of urea groups is 1. The van der Waals surface area contributed by atoms with Crippen molar-refractivity contribution in [3.63, 3.8) is 0 Å². The van der Waals surface area contributed by atoms with Gasteiger partial charge in [-0.3, -0.25) is 4.79 Å². The average Bonchev–Trinajstić information content (AvgIpc) is 2.72. The van der Waals surface area contributed by atoms with Gasteiger partial charge in [-0.15, -0.1) is 0 Å². The van der Waals surface area contributed by atoms with Gasteiger partial charge >= 0.3 is 18.0 Å². The van der Waals surface area contributed by atoms with Crippen molar-refractivity contribution in [2.45, 2.75) is 43.9 Å². The maximum atomic E-state index is 12.0. The van der Waals surface area contributed by atoms with Gasteiger partial charge in [-0.1, -0.05) is 0 Å². The summed E-state index contributed by atoms with van der Waals surface area (Å²) in [4.78, 5) is 35.1. The third kappa shape index (κ3) is 3.60. The van der Waals surface area contributed by atoms with Gasteiger partial charge in [-0.05, 0) is 19.3 Å². The second-order valence-electron chi connectivity index (χ2n) is 5.14. The maximum absolute atomic E-state index is 12.0. The summed E-state index contributed by atoms with van der Waals surface area (Å²) in [6.07, 6.45) is 1.45. The highest BCUT2D eigenvalue weighted by molar-refractivity contribution is 5.83. The molecule has 2 bridgehead atoms. The monoisotopic (exact) mass is 286 g/mol. The van der Waals surface area contributed by atoms with E-state index in [-0.39, 0.29) is 25.0 Å². The van der Waals surface area contributed by atoms with Crippen LogP contribution in [0.15, 0.2) is 0 Å². The highest BCUT2D eigenvalue weighted by Gasteiger charge is 2.36. The summed E-state index contributed by atoms with van der Waals surface area (Å²) in [7, 11) is 0. The molecule has 2 heterocycles. The number of rotatable bonds is 5. The van der Waals surface area contributed by atoms with E-state index in [1.807, 2.05) is 0 Å². The van der Waals surface area contributed by atoms with Gasteiger partial charge in [-0.25, -0.2) is 9.59 Å². The number of ether oxygens (including phenoxy) is 1. The number of fused-ring (bicyclic) bond motifs is 2. The fourth-order valence-corrected chi connectivity index (χ4v) is 2.55. The van der Waals surface area contributed by atoms with Crippen molar-refractivity contribution < 1.29 is 29.3 Å². The molecule has 2 aliphatic heterocycles. The van der Waals surface area contributed by atoms with E-state index in [1.54, 1.807) is 4.90 Å². The Hall–Kier alpha value is -1.83. The molecular formula is C12H18N2O6. The molecule has 8 nitrogen and oxygen atoms in total. The lowest BCUT2D eigenvalue weighted by molar-refractivity contribution is -0.140. The van der Waals surface area contributed by atoms with Crippen LogP contribution in [-0.2, 0) is 14.3 Å². The lowest BCUT2D eigenvalue weighted by Crippen LogP contribution is -2.53. The predicted molar refractivity (Wildman–Crippen MR) is 66.3 cm³/mol. The zero-order valence-corrected chi connectivity index (χ0v) is 10.9. The summed E-state index contributed by atoms with van der Waals surface area (Å²) in [5, 5.41) is 19.9. The van der Waals surface area contributed by atoms with Crippen molar-refractivity contribution in [1.29, 1.82) is 0 Å². The van der Waals surface area contributed by atoms with Crippen LogP contribution in [0, 0.1) is 0 Å².